The van der Waals surface area contributed by atoms with Crippen molar-refractivity contribution in [3.05, 3.63) is 48.5 Å². The molecule has 0 bridgehead atoms. The first kappa shape index (κ1) is 19.8. The summed E-state index contributed by atoms with van der Waals surface area (Å²) in [5.74, 6) is 1.47. The van der Waals surface area contributed by atoms with Gasteiger partial charge in [0.15, 0.2) is 0 Å². The summed E-state index contributed by atoms with van der Waals surface area (Å²) >= 11 is 0. The van der Waals surface area contributed by atoms with Gasteiger partial charge in [0.25, 0.3) is 5.82 Å². The molecule has 1 heterocycles. The predicted octanol–water partition coefficient (Wildman–Crippen LogP) is 6.25. The zero-order valence-electron chi connectivity index (χ0n) is 16.4. The van der Waals surface area contributed by atoms with E-state index in [0.29, 0.717) is 0 Å². The van der Waals surface area contributed by atoms with E-state index < -0.39 is 0 Å². The molecule has 0 radical (unpaired) electrons. The van der Waals surface area contributed by atoms with Crippen LogP contribution in [0.2, 0.25) is 0 Å². The van der Waals surface area contributed by atoms with Crippen molar-refractivity contribution in [2.24, 2.45) is 0 Å². The molecule has 2 rings (SSSR count). The van der Waals surface area contributed by atoms with Crippen LogP contribution in [0.4, 0.5) is 0 Å². The second-order valence-electron chi connectivity index (χ2n) is 7.19. The Kier molecular flexibility index (Phi) is 9.40. The van der Waals surface area contributed by atoms with Crippen molar-refractivity contribution in [2.75, 3.05) is 0 Å². The summed E-state index contributed by atoms with van der Waals surface area (Å²) in [6.45, 7) is 5.72. The van der Waals surface area contributed by atoms with Gasteiger partial charge in [-0.1, -0.05) is 77.0 Å². The van der Waals surface area contributed by atoms with Gasteiger partial charge in [0, 0.05) is 6.42 Å². The van der Waals surface area contributed by atoms with Crippen LogP contribution in [0.15, 0.2) is 42.7 Å². The zero-order chi connectivity index (χ0) is 17.7. The van der Waals surface area contributed by atoms with Crippen molar-refractivity contribution >= 4 is 0 Å². The number of imidazole rings is 1. The van der Waals surface area contributed by atoms with E-state index in [0.717, 1.165) is 6.54 Å². The van der Waals surface area contributed by atoms with Crippen LogP contribution < -0.4 is 4.57 Å². The fraction of sp³-hybridized carbons (Fsp3) is 0.609. The van der Waals surface area contributed by atoms with Gasteiger partial charge in [0.2, 0.25) is 0 Å². The maximum atomic E-state index is 2.49. The molecule has 2 nitrogen and oxygen atoms in total. The average molecular weight is 342 g/mol. The number of aromatic nitrogens is 2. The fourth-order valence-electron chi connectivity index (χ4n) is 3.52. The van der Waals surface area contributed by atoms with Crippen molar-refractivity contribution in [2.45, 2.75) is 91.0 Å². The smallest absolute Gasteiger partial charge is 0.234 e. The van der Waals surface area contributed by atoms with E-state index in [1.54, 1.807) is 0 Å². The highest BCUT2D eigenvalue weighted by molar-refractivity contribution is 5.31. The number of nitrogens with zero attached hydrogens (tertiary/aromatic N) is 2. The van der Waals surface area contributed by atoms with Crippen LogP contribution in [0.3, 0.4) is 0 Å². The first-order chi connectivity index (χ1) is 12.4. The van der Waals surface area contributed by atoms with E-state index in [2.05, 4.69) is 65.7 Å². The summed E-state index contributed by atoms with van der Waals surface area (Å²) in [6, 6.07) is 10.8. The Morgan fingerprint density at radius 2 is 1.40 bits per heavy atom. The van der Waals surface area contributed by atoms with Crippen LogP contribution in [0.5, 0.6) is 0 Å². The molecule has 1 aromatic heterocycles. The minimum atomic E-state index is 1.15. The maximum Gasteiger partial charge on any atom is 0.261 e. The largest absolute Gasteiger partial charge is 0.261 e. The molecule has 0 aliphatic rings. The van der Waals surface area contributed by atoms with Gasteiger partial charge in [0.1, 0.15) is 18.1 Å². The van der Waals surface area contributed by atoms with Crippen LogP contribution in [0.25, 0.3) is 5.69 Å². The second kappa shape index (κ2) is 11.9. The third-order valence-electron chi connectivity index (χ3n) is 5.05. The zero-order valence-corrected chi connectivity index (χ0v) is 16.4. The highest BCUT2D eigenvalue weighted by atomic mass is 15.1. The molecule has 0 fully saturated rings. The van der Waals surface area contributed by atoms with E-state index in [1.807, 2.05) is 0 Å². The Hall–Kier alpha value is -1.57. The predicted molar refractivity (Wildman–Crippen MR) is 107 cm³/mol. The summed E-state index contributed by atoms with van der Waals surface area (Å²) < 4.78 is 4.88. The second-order valence-corrected chi connectivity index (χ2v) is 7.19. The van der Waals surface area contributed by atoms with E-state index in [-0.39, 0.29) is 0 Å². The normalized spacial score (nSPS) is 11.1. The lowest BCUT2D eigenvalue weighted by atomic mass is 10.1. The summed E-state index contributed by atoms with van der Waals surface area (Å²) in [4.78, 5) is 0. The van der Waals surface area contributed by atoms with Crippen molar-refractivity contribution < 1.29 is 4.57 Å². The molecule has 0 saturated heterocycles. The SMILES string of the molecule is CCCCCCCCCc1n(-c2ccccc2)cc[n+]1CCCCC. The minimum Gasteiger partial charge on any atom is -0.234 e. The maximum absolute atomic E-state index is 2.49. The van der Waals surface area contributed by atoms with E-state index in [9.17, 15) is 0 Å². The highest BCUT2D eigenvalue weighted by Gasteiger charge is 2.17. The van der Waals surface area contributed by atoms with Gasteiger partial charge in [-0.2, -0.15) is 4.57 Å². The molecule has 0 unspecified atom stereocenters. The lowest BCUT2D eigenvalue weighted by Crippen LogP contribution is -2.37. The number of hydrogen-bond acceptors (Lipinski definition) is 0. The number of aryl methyl sites for hydroxylation is 1. The van der Waals surface area contributed by atoms with Crippen molar-refractivity contribution in [3.63, 3.8) is 0 Å². The summed E-state index contributed by atoms with van der Waals surface area (Å²) in [5.41, 5.74) is 1.29. The van der Waals surface area contributed by atoms with Crippen LogP contribution >= 0.6 is 0 Å². The molecule has 0 atom stereocenters. The quantitative estimate of drug-likeness (QED) is 0.301. The minimum absolute atomic E-state index is 1.15. The molecule has 2 heteroatoms. The highest BCUT2D eigenvalue weighted by Crippen LogP contribution is 2.14. The molecule has 2 aromatic rings. The van der Waals surface area contributed by atoms with Crippen molar-refractivity contribution in [1.29, 1.82) is 0 Å². The molecule has 0 N–H and O–H groups in total. The van der Waals surface area contributed by atoms with Gasteiger partial charge < -0.3 is 0 Å². The number of rotatable bonds is 13. The van der Waals surface area contributed by atoms with Crippen LogP contribution in [-0.2, 0) is 13.0 Å². The van der Waals surface area contributed by atoms with Gasteiger partial charge in [-0.15, -0.1) is 0 Å². The van der Waals surface area contributed by atoms with Crippen molar-refractivity contribution in [1.82, 2.24) is 4.57 Å². The molecule has 0 aliphatic carbocycles. The van der Waals surface area contributed by atoms with Gasteiger partial charge in [-0.3, -0.25) is 0 Å². The standard InChI is InChI=1S/C23H37N2/c1-3-5-7-8-9-10-14-18-23-24(19-15-6-4-2)20-21-25(23)22-16-12-11-13-17-22/h11-13,16-17,20-21H,3-10,14-15,18-19H2,1-2H3/q+1. The Balaban J connectivity index is 1.95. The molecule has 0 aliphatic heterocycles. The van der Waals surface area contributed by atoms with Crippen LogP contribution in [0, 0.1) is 0 Å². The van der Waals surface area contributed by atoms with Gasteiger partial charge >= 0.3 is 0 Å². The van der Waals surface area contributed by atoms with E-state index >= 15 is 0 Å². The molecule has 0 saturated carbocycles. The summed E-state index contributed by atoms with van der Waals surface area (Å²) in [7, 11) is 0. The molecular formula is C23H37N2+. The number of unbranched alkanes of at least 4 members (excludes halogenated alkanes) is 8. The molecule has 0 amide bonds. The fourth-order valence-corrected chi connectivity index (χ4v) is 3.52. The Morgan fingerprint density at radius 3 is 2.12 bits per heavy atom. The Bertz CT molecular complexity index is 571. The number of benzene rings is 1. The molecule has 138 valence electrons. The Labute approximate surface area is 154 Å². The topological polar surface area (TPSA) is 8.81 Å². The number of para-hydroxylation sites is 1. The third-order valence-corrected chi connectivity index (χ3v) is 5.05. The van der Waals surface area contributed by atoms with E-state index in [4.69, 9.17) is 0 Å². The first-order valence-electron chi connectivity index (χ1n) is 10.5. The van der Waals surface area contributed by atoms with Crippen LogP contribution in [0.1, 0.15) is 83.9 Å². The lowest BCUT2D eigenvalue weighted by Gasteiger charge is -2.06. The molecule has 25 heavy (non-hydrogen) atoms. The molecule has 0 spiro atoms. The monoisotopic (exact) mass is 341 g/mol. The lowest BCUT2D eigenvalue weighted by molar-refractivity contribution is -0.704. The van der Waals surface area contributed by atoms with Gasteiger partial charge in [0.05, 0.1) is 6.54 Å². The molecular weight excluding hydrogens is 304 g/mol. The van der Waals surface area contributed by atoms with Crippen LogP contribution in [-0.4, -0.2) is 4.57 Å². The van der Waals surface area contributed by atoms with Gasteiger partial charge in [-0.05, 0) is 31.4 Å². The van der Waals surface area contributed by atoms with E-state index in [1.165, 1.54) is 82.1 Å². The summed E-state index contributed by atoms with van der Waals surface area (Å²) in [5, 5.41) is 0. The number of hydrogen-bond donors (Lipinski definition) is 0. The Morgan fingerprint density at radius 1 is 0.760 bits per heavy atom. The van der Waals surface area contributed by atoms with Gasteiger partial charge in [-0.25, -0.2) is 4.57 Å². The van der Waals surface area contributed by atoms with Crippen molar-refractivity contribution in [3.8, 4) is 5.69 Å². The first-order valence-corrected chi connectivity index (χ1v) is 10.5. The molecule has 1 aromatic carbocycles. The third kappa shape index (κ3) is 6.68. The average Bonchev–Trinajstić information content (AvgIpc) is 3.05. The summed E-state index contributed by atoms with van der Waals surface area (Å²) in [6.07, 6.45) is 19.2.